The minimum Gasteiger partial charge on any atom is -0.490 e. The van der Waals surface area contributed by atoms with E-state index in [2.05, 4.69) is 10.3 Å². The van der Waals surface area contributed by atoms with Gasteiger partial charge < -0.3 is 9.84 Å². The molecule has 1 aromatic heterocycles. The van der Waals surface area contributed by atoms with Gasteiger partial charge in [-0.05, 0) is 18.6 Å². The molecule has 0 unspecified atom stereocenters. The predicted molar refractivity (Wildman–Crippen MR) is 77.9 cm³/mol. The highest BCUT2D eigenvalue weighted by Crippen LogP contribution is 2.23. The minimum atomic E-state index is -1.06. The van der Waals surface area contributed by atoms with E-state index in [9.17, 15) is 4.79 Å². The van der Waals surface area contributed by atoms with Crippen molar-refractivity contribution in [1.29, 1.82) is 0 Å². The molecule has 112 valence electrons. The van der Waals surface area contributed by atoms with Gasteiger partial charge in [-0.15, -0.1) is 5.10 Å². The van der Waals surface area contributed by atoms with Gasteiger partial charge in [0.25, 0.3) is 0 Å². The summed E-state index contributed by atoms with van der Waals surface area (Å²) in [4.78, 5) is 11.1. The first kappa shape index (κ1) is 15.3. The molecule has 6 nitrogen and oxygen atoms in total. The Morgan fingerprint density at radius 2 is 2.19 bits per heavy atom. The van der Waals surface area contributed by atoms with Crippen LogP contribution < -0.4 is 4.74 Å². The molecular formula is C14H16ClN3O3. The van der Waals surface area contributed by atoms with Gasteiger partial charge in [-0.2, -0.15) is 0 Å². The zero-order valence-corrected chi connectivity index (χ0v) is 12.4. The van der Waals surface area contributed by atoms with Crippen molar-refractivity contribution in [2.24, 2.45) is 0 Å². The Hall–Kier alpha value is -2.08. The number of rotatable bonds is 7. The first-order chi connectivity index (χ1) is 10.1. The number of aromatic nitrogens is 3. The highest BCUT2D eigenvalue weighted by molar-refractivity contribution is 6.32. The lowest BCUT2D eigenvalue weighted by Crippen LogP contribution is -2.13. The van der Waals surface area contributed by atoms with E-state index in [1.807, 2.05) is 19.1 Å². The summed E-state index contributed by atoms with van der Waals surface area (Å²) >= 11 is 6.00. The van der Waals surface area contributed by atoms with Gasteiger partial charge in [0.05, 0.1) is 17.3 Å². The second-order valence-electron chi connectivity index (χ2n) is 4.44. The van der Waals surface area contributed by atoms with Crippen LogP contribution in [0.3, 0.4) is 0 Å². The molecule has 0 saturated heterocycles. The molecule has 0 spiro atoms. The van der Waals surface area contributed by atoms with E-state index in [-0.39, 0.29) is 5.69 Å². The van der Waals surface area contributed by atoms with Gasteiger partial charge in [0.2, 0.25) is 0 Å². The van der Waals surface area contributed by atoms with Gasteiger partial charge in [-0.1, -0.05) is 42.3 Å². The summed E-state index contributed by atoms with van der Waals surface area (Å²) in [5.41, 5.74) is 0.627. The molecule has 0 aliphatic heterocycles. The molecule has 0 aliphatic carbocycles. The fraction of sp³-hybridized carbons (Fsp3) is 0.357. The number of benzene rings is 1. The monoisotopic (exact) mass is 309 g/mol. The Morgan fingerprint density at radius 3 is 2.86 bits per heavy atom. The molecule has 0 fully saturated rings. The van der Waals surface area contributed by atoms with Crippen molar-refractivity contribution in [3.63, 3.8) is 0 Å². The van der Waals surface area contributed by atoms with Crippen LogP contribution in [0.25, 0.3) is 0 Å². The maximum Gasteiger partial charge on any atom is 0.358 e. The largest absolute Gasteiger partial charge is 0.490 e. The summed E-state index contributed by atoms with van der Waals surface area (Å²) in [7, 11) is 0. The van der Waals surface area contributed by atoms with Gasteiger partial charge >= 0.3 is 5.97 Å². The molecule has 0 radical (unpaired) electrons. The van der Waals surface area contributed by atoms with E-state index in [0.29, 0.717) is 36.0 Å². The number of carboxylic acid groups (broad SMARTS) is 1. The summed E-state index contributed by atoms with van der Waals surface area (Å²) < 4.78 is 7.15. The van der Waals surface area contributed by atoms with Crippen molar-refractivity contribution < 1.29 is 14.6 Å². The third-order valence-electron chi connectivity index (χ3n) is 2.92. The van der Waals surface area contributed by atoms with Crippen molar-refractivity contribution in [2.75, 3.05) is 6.61 Å². The minimum absolute atomic E-state index is 0.00888. The van der Waals surface area contributed by atoms with Crippen molar-refractivity contribution in [2.45, 2.75) is 26.3 Å². The van der Waals surface area contributed by atoms with Gasteiger partial charge in [0.15, 0.2) is 5.69 Å². The SMILES string of the molecule is CCCc1c(C(=O)O)nnn1CCOc1ccccc1Cl. The van der Waals surface area contributed by atoms with Gasteiger partial charge in [-0.3, -0.25) is 0 Å². The summed E-state index contributed by atoms with van der Waals surface area (Å²) in [5.74, 6) is -0.466. The highest BCUT2D eigenvalue weighted by atomic mass is 35.5. The molecule has 0 amide bonds. The Morgan fingerprint density at radius 1 is 1.43 bits per heavy atom. The molecule has 0 bridgehead atoms. The zero-order chi connectivity index (χ0) is 15.2. The molecule has 1 heterocycles. The van der Waals surface area contributed by atoms with E-state index < -0.39 is 5.97 Å². The van der Waals surface area contributed by atoms with Crippen molar-refractivity contribution >= 4 is 17.6 Å². The maximum absolute atomic E-state index is 11.1. The molecule has 0 saturated carbocycles. The summed E-state index contributed by atoms with van der Waals surface area (Å²) in [5, 5.41) is 17.2. The Labute approximate surface area is 127 Å². The third kappa shape index (κ3) is 3.72. The molecule has 7 heteroatoms. The molecule has 1 N–H and O–H groups in total. The molecule has 2 aromatic rings. The lowest BCUT2D eigenvalue weighted by Gasteiger charge is -2.09. The first-order valence-corrected chi connectivity index (χ1v) is 7.04. The normalized spacial score (nSPS) is 10.6. The maximum atomic E-state index is 11.1. The van der Waals surface area contributed by atoms with Crippen LogP contribution in [-0.4, -0.2) is 32.7 Å². The Kier molecular flexibility index (Phi) is 5.16. The number of aromatic carboxylic acids is 1. The summed E-state index contributed by atoms with van der Waals surface area (Å²) in [6.07, 6.45) is 1.43. The molecule has 21 heavy (non-hydrogen) atoms. The summed E-state index contributed by atoms with van der Waals surface area (Å²) in [6, 6.07) is 7.18. The predicted octanol–water partition coefficient (Wildman–Crippen LogP) is 2.66. The average Bonchev–Trinajstić information content (AvgIpc) is 2.85. The van der Waals surface area contributed by atoms with E-state index in [0.717, 1.165) is 6.42 Å². The second-order valence-corrected chi connectivity index (χ2v) is 4.85. The topological polar surface area (TPSA) is 77.2 Å². The number of carbonyl (C=O) groups is 1. The van der Waals surface area contributed by atoms with Crippen LogP contribution in [0.4, 0.5) is 0 Å². The van der Waals surface area contributed by atoms with Gasteiger partial charge in [0.1, 0.15) is 12.4 Å². The van der Waals surface area contributed by atoms with E-state index in [1.54, 1.807) is 16.8 Å². The highest BCUT2D eigenvalue weighted by Gasteiger charge is 2.17. The average molecular weight is 310 g/mol. The van der Waals surface area contributed by atoms with Gasteiger partial charge in [-0.25, -0.2) is 9.48 Å². The molecule has 1 aromatic carbocycles. The number of hydrogen-bond acceptors (Lipinski definition) is 4. The molecule has 2 rings (SSSR count). The molecule has 0 atom stereocenters. The van der Waals surface area contributed by atoms with Crippen molar-refractivity contribution in [3.05, 3.63) is 40.7 Å². The standard InChI is InChI=1S/C14H16ClN3O3/c1-2-5-11-13(14(19)20)16-17-18(11)8-9-21-12-7-4-3-6-10(12)15/h3-4,6-7H,2,5,8-9H2,1H3,(H,19,20). The number of carboxylic acids is 1. The van der Waals surface area contributed by atoms with Crippen molar-refractivity contribution in [1.82, 2.24) is 15.0 Å². The Balaban J connectivity index is 2.03. The van der Waals surface area contributed by atoms with Crippen LogP contribution in [0.5, 0.6) is 5.75 Å². The van der Waals surface area contributed by atoms with Crippen LogP contribution in [0.15, 0.2) is 24.3 Å². The second kappa shape index (κ2) is 7.08. The third-order valence-corrected chi connectivity index (χ3v) is 3.24. The fourth-order valence-corrected chi connectivity index (χ4v) is 2.16. The van der Waals surface area contributed by atoms with Crippen LogP contribution in [0, 0.1) is 0 Å². The van der Waals surface area contributed by atoms with Crippen LogP contribution >= 0.6 is 11.6 Å². The Bertz CT molecular complexity index is 628. The number of halogens is 1. The van der Waals surface area contributed by atoms with Crippen LogP contribution in [0.1, 0.15) is 29.5 Å². The molecule has 0 aliphatic rings. The fourth-order valence-electron chi connectivity index (χ4n) is 1.97. The van der Waals surface area contributed by atoms with E-state index in [4.69, 9.17) is 21.4 Å². The zero-order valence-electron chi connectivity index (χ0n) is 11.6. The lowest BCUT2D eigenvalue weighted by molar-refractivity contribution is 0.0689. The van der Waals surface area contributed by atoms with Crippen molar-refractivity contribution in [3.8, 4) is 5.75 Å². The number of para-hydroxylation sites is 1. The summed E-state index contributed by atoms with van der Waals surface area (Å²) in [6.45, 7) is 2.73. The first-order valence-electron chi connectivity index (χ1n) is 6.66. The van der Waals surface area contributed by atoms with E-state index >= 15 is 0 Å². The number of hydrogen-bond donors (Lipinski definition) is 1. The van der Waals surface area contributed by atoms with E-state index in [1.165, 1.54) is 0 Å². The van der Waals surface area contributed by atoms with Crippen LogP contribution in [-0.2, 0) is 13.0 Å². The smallest absolute Gasteiger partial charge is 0.358 e. The quantitative estimate of drug-likeness (QED) is 0.850. The number of nitrogens with zero attached hydrogens (tertiary/aromatic N) is 3. The van der Waals surface area contributed by atoms with Gasteiger partial charge in [0, 0.05) is 0 Å². The lowest BCUT2D eigenvalue weighted by atomic mass is 10.2. The van der Waals surface area contributed by atoms with Crippen LogP contribution in [0.2, 0.25) is 5.02 Å². The number of ether oxygens (including phenoxy) is 1. The molecular weight excluding hydrogens is 294 g/mol.